The minimum atomic E-state index is -3.03. The Hall–Kier alpha value is -4.07. The summed E-state index contributed by atoms with van der Waals surface area (Å²) < 4.78 is 12.5. The summed E-state index contributed by atoms with van der Waals surface area (Å²) in [6.45, 7) is 6.91. The summed E-state index contributed by atoms with van der Waals surface area (Å²) in [5, 5.41) is 16.1. The number of methoxy groups -OCH3 is 1. The lowest BCUT2D eigenvalue weighted by Gasteiger charge is -2.32. The monoisotopic (exact) mass is 700 g/mol. The van der Waals surface area contributed by atoms with Crippen LogP contribution in [0.2, 0.25) is 18.6 Å². The fourth-order valence-electron chi connectivity index (χ4n) is 8.13. The van der Waals surface area contributed by atoms with E-state index in [1.165, 1.54) is 0 Å². The molecule has 3 aromatic carbocycles. The van der Waals surface area contributed by atoms with Gasteiger partial charge < -0.3 is 39.8 Å². The molecule has 6 rings (SSSR count). The van der Waals surface area contributed by atoms with Crippen LogP contribution in [0.5, 0.6) is 5.75 Å². The smallest absolute Gasteiger partial charge is 0.264 e. The first-order valence-corrected chi connectivity index (χ1v) is 20.4. The summed E-state index contributed by atoms with van der Waals surface area (Å²) in [5.74, 6) is -0.481. The molecule has 2 fully saturated rings. The molecule has 5 atom stereocenters. The van der Waals surface area contributed by atoms with Crippen LogP contribution in [0.1, 0.15) is 42.9 Å². The van der Waals surface area contributed by atoms with Crippen LogP contribution in [-0.4, -0.2) is 79.8 Å². The molecule has 50 heavy (non-hydrogen) atoms. The summed E-state index contributed by atoms with van der Waals surface area (Å²) in [5.41, 5.74) is 1.79. The van der Waals surface area contributed by atoms with Crippen molar-refractivity contribution in [3.05, 3.63) is 89.5 Å². The molecule has 1 spiro atoms. The number of nitrogens with one attached hydrogen (secondary N) is 2. The molecule has 3 amide bonds. The number of fused-ring (bicyclic) bond motifs is 2. The number of amides is 3. The van der Waals surface area contributed by atoms with Gasteiger partial charge in [0.1, 0.15) is 5.75 Å². The Balaban J connectivity index is 1.31. The molecule has 0 aliphatic carbocycles. The lowest BCUT2D eigenvalue weighted by Crippen LogP contribution is -2.46. The van der Waals surface area contributed by atoms with E-state index >= 15 is 0 Å². The van der Waals surface area contributed by atoms with Crippen LogP contribution < -0.4 is 20.3 Å². The predicted molar refractivity (Wildman–Crippen MR) is 193 cm³/mol. The van der Waals surface area contributed by atoms with E-state index in [4.69, 9.17) is 9.47 Å². The lowest BCUT2D eigenvalue weighted by molar-refractivity contribution is -0.150. The Morgan fingerprint density at radius 3 is 2.54 bits per heavy atom. The van der Waals surface area contributed by atoms with Gasteiger partial charge in [-0.1, -0.05) is 49.4 Å². The second kappa shape index (κ2) is 14.6. The first-order valence-electron chi connectivity index (χ1n) is 17.4. The van der Waals surface area contributed by atoms with Crippen molar-refractivity contribution in [2.45, 2.75) is 75.7 Å². The van der Waals surface area contributed by atoms with Crippen molar-refractivity contribution < 1.29 is 33.8 Å². The third kappa shape index (κ3) is 6.95. The molecule has 3 aliphatic heterocycles. The molecule has 266 valence electrons. The maximum Gasteiger partial charge on any atom is 0.264 e. The van der Waals surface area contributed by atoms with E-state index in [0.717, 1.165) is 30.5 Å². The van der Waals surface area contributed by atoms with Gasteiger partial charge in [0.25, 0.3) is 5.91 Å². The van der Waals surface area contributed by atoms with Crippen molar-refractivity contribution in [1.29, 1.82) is 0 Å². The zero-order valence-electron chi connectivity index (χ0n) is 29.2. The number of aliphatic hydroxyl groups excluding tert-OH is 1. The normalized spacial score (nSPS) is 24.4. The van der Waals surface area contributed by atoms with Crippen molar-refractivity contribution in [1.82, 2.24) is 10.2 Å². The van der Waals surface area contributed by atoms with E-state index in [9.17, 15) is 24.3 Å². The Morgan fingerprint density at radius 2 is 1.86 bits per heavy atom. The van der Waals surface area contributed by atoms with E-state index in [-0.39, 0.29) is 49.9 Å². The number of rotatable bonds is 12. The minimum absolute atomic E-state index is 0.0508. The predicted octanol–water partition coefficient (Wildman–Crippen LogP) is 4.14. The molecule has 0 radical (unpaired) electrons. The standard InChI is InChI=1S/C38H48N4O7Si/c1-25-35(50(3,4)47)33(22-34(44)41(18-19-43)23-26-10-6-5-7-11-26)49-38(25)30-21-29(48-2)15-16-32(30)42(37(38)46)24-27-12-8-13-28(20-27)40-36(45)31-14-9-17-39-31/h5-8,10-13,15-16,20-21,25,31,33,35,39,43,47H,9,14,17-19,22-24H2,1-4H3,(H,40,45)/t25-,31-,33+,35-,38+/m1/s1. The number of benzene rings is 3. The number of hydrogen-bond donors (Lipinski definition) is 4. The summed E-state index contributed by atoms with van der Waals surface area (Å²) in [7, 11) is -1.47. The van der Waals surface area contributed by atoms with Crippen molar-refractivity contribution >= 4 is 37.4 Å². The first kappa shape index (κ1) is 35.7. The van der Waals surface area contributed by atoms with Crippen LogP contribution >= 0.6 is 0 Å². The van der Waals surface area contributed by atoms with Crippen molar-refractivity contribution in [2.24, 2.45) is 5.92 Å². The maximum atomic E-state index is 14.9. The number of carbonyl (C=O) groups excluding carboxylic acids is 3. The van der Waals surface area contributed by atoms with Gasteiger partial charge in [-0.2, -0.15) is 0 Å². The molecule has 4 N–H and O–H groups in total. The Labute approximate surface area is 294 Å². The van der Waals surface area contributed by atoms with E-state index in [1.807, 2.05) is 92.8 Å². The summed E-state index contributed by atoms with van der Waals surface area (Å²) in [6, 6.07) is 22.3. The zero-order valence-corrected chi connectivity index (χ0v) is 30.2. The highest BCUT2D eigenvalue weighted by Gasteiger charge is 2.66. The highest BCUT2D eigenvalue weighted by molar-refractivity contribution is 6.71. The summed E-state index contributed by atoms with van der Waals surface area (Å²) in [6.07, 6.45) is 0.959. The van der Waals surface area contributed by atoms with Crippen molar-refractivity contribution in [2.75, 3.05) is 37.0 Å². The first-order chi connectivity index (χ1) is 24.0. The van der Waals surface area contributed by atoms with Gasteiger partial charge in [-0.05, 0) is 73.9 Å². The van der Waals surface area contributed by atoms with Crippen molar-refractivity contribution in [3.63, 3.8) is 0 Å². The van der Waals surface area contributed by atoms with Gasteiger partial charge in [0.15, 0.2) is 13.9 Å². The summed E-state index contributed by atoms with van der Waals surface area (Å²) in [4.78, 5) is 56.7. The quantitative estimate of drug-likeness (QED) is 0.207. The van der Waals surface area contributed by atoms with Gasteiger partial charge >= 0.3 is 0 Å². The van der Waals surface area contributed by atoms with Gasteiger partial charge in [0, 0.05) is 35.8 Å². The fraction of sp³-hybridized carbons (Fsp3) is 0.447. The fourth-order valence-corrected chi connectivity index (χ4v) is 10.7. The molecule has 0 unspecified atom stereocenters. The Kier molecular flexibility index (Phi) is 10.5. The topological polar surface area (TPSA) is 141 Å². The SMILES string of the molecule is COc1ccc2c(c1)[C@]1(O[C@@H](CC(=O)N(CCO)Cc3ccccc3)[C@H]([Si](C)(C)O)[C@H]1C)C(=O)N2Cc1cccc(NC(=O)[C@H]2CCCN2)c1. The molecule has 3 heterocycles. The Bertz CT molecular complexity index is 1710. The third-order valence-electron chi connectivity index (χ3n) is 10.4. The van der Waals surface area contributed by atoms with E-state index in [1.54, 1.807) is 16.9 Å². The molecule has 11 nitrogen and oxygen atoms in total. The molecule has 0 aromatic heterocycles. The second-order valence-electron chi connectivity index (χ2n) is 14.2. The molecule has 12 heteroatoms. The third-order valence-corrected chi connectivity index (χ3v) is 12.9. The van der Waals surface area contributed by atoms with Gasteiger partial charge in [-0.25, -0.2) is 0 Å². The van der Waals surface area contributed by atoms with Gasteiger partial charge in [-0.3, -0.25) is 14.4 Å². The largest absolute Gasteiger partial charge is 0.497 e. The maximum absolute atomic E-state index is 14.9. The average Bonchev–Trinajstić information content (AvgIpc) is 3.79. The van der Waals surface area contributed by atoms with Crippen LogP contribution in [0, 0.1) is 5.92 Å². The molecule has 0 saturated carbocycles. The highest BCUT2D eigenvalue weighted by atomic mass is 28.4. The molecule has 3 aromatic rings. The van der Waals surface area contributed by atoms with Crippen LogP contribution in [-0.2, 0) is 37.8 Å². The molecule has 3 aliphatic rings. The van der Waals surface area contributed by atoms with Gasteiger partial charge in [0.05, 0.1) is 44.5 Å². The van der Waals surface area contributed by atoms with Gasteiger partial charge in [-0.15, -0.1) is 0 Å². The van der Waals surface area contributed by atoms with Gasteiger partial charge in [0.2, 0.25) is 11.8 Å². The lowest BCUT2D eigenvalue weighted by atomic mass is 9.82. The van der Waals surface area contributed by atoms with Crippen LogP contribution in [0.25, 0.3) is 0 Å². The Morgan fingerprint density at radius 1 is 1.10 bits per heavy atom. The van der Waals surface area contributed by atoms with E-state index < -0.39 is 31.5 Å². The van der Waals surface area contributed by atoms with Crippen molar-refractivity contribution in [3.8, 4) is 5.75 Å². The minimum Gasteiger partial charge on any atom is -0.497 e. The van der Waals surface area contributed by atoms with Crippen LogP contribution in [0.15, 0.2) is 72.8 Å². The number of aliphatic hydroxyl groups is 1. The number of hydrogen-bond acceptors (Lipinski definition) is 8. The van der Waals surface area contributed by atoms with E-state index in [2.05, 4.69) is 10.6 Å². The molecular formula is C38H48N4O7Si. The number of carbonyl (C=O) groups is 3. The molecule has 2 saturated heterocycles. The molecular weight excluding hydrogens is 653 g/mol. The van der Waals surface area contributed by atoms with Crippen LogP contribution in [0.3, 0.4) is 0 Å². The second-order valence-corrected chi connectivity index (χ2v) is 18.2. The number of nitrogens with zero attached hydrogens (tertiary/aromatic N) is 2. The zero-order chi connectivity index (χ0) is 35.6. The average molecular weight is 701 g/mol. The molecule has 0 bridgehead atoms. The summed E-state index contributed by atoms with van der Waals surface area (Å²) >= 11 is 0. The number of ether oxygens (including phenoxy) is 2. The number of anilines is 2. The van der Waals surface area contributed by atoms with Crippen LogP contribution in [0.4, 0.5) is 11.4 Å². The highest BCUT2D eigenvalue weighted by Crippen LogP contribution is 2.60. The van der Waals surface area contributed by atoms with E-state index in [0.29, 0.717) is 29.2 Å².